The van der Waals surface area contributed by atoms with Crippen molar-refractivity contribution in [2.24, 2.45) is 35.0 Å². The first-order valence-electron chi connectivity index (χ1n) is 17.9. The highest BCUT2D eigenvalue weighted by molar-refractivity contribution is 5.91. The molecule has 3 heterocycles. The van der Waals surface area contributed by atoms with Crippen LogP contribution in [0.3, 0.4) is 0 Å². The van der Waals surface area contributed by atoms with Crippen molar-refractivity contribution in [1.82, 2.24) is 0 Å². The first-order valence-corrected chi connectivity index (χ1v) is 17.9. The van der Waals surface area contributed by atoms with Gasteiger partial charge in [0.2, 0.25) is 0 Å². The van der Waals surface area contributed by atoms with Gasteiger partial charge in [0.15, 0.2) is 12.6 Å². The summed E-state index contributed by atoms with van der Waals surface area (Å²) in [6.07, 6.45) is -9.20. The number of rotatable bonds is 7. The van der Waals surface area contributed by atoms with E-state index in [0.717, 1.165) is 0 Å². The largest absolute Gasteiger partial charge is 0.458 e. The fraction of sp³-hybridized carbons (Fsp3) is 0.912. The second-order valence-electron chi connectivity index (χ2n) is 15.6. The van der Waals surface area contributed by atoms with E-state index < -0.39 is 91.2 Å². The lowest BCUT2D eigenvalue weighted by Crippen LogP contribution is -2.66. The molecule has 15 nitrogen and oxygen atoms in total. The highest BCUT2D eigenvalue weighted by Crippen LogP contribution is 2.66. The van der Waals surface area contributed by atoms with Crippen molar-refractivity contribution in [3.05, 3.63) is 11.6 Å². The zero-order valence-corrected chi connectivity index (χ0v) is 27.6. The van der Waals surface area contributed by atoms with Crippen LogP contribution in [0.1, 0.15) is 58.3 Å². The lowest BCUT2D eigenvalue weighted by Gasteiger charge is -2.63. The van der Waals surface area contributed by atoms with Gasteiger partial charge < -0.3 is 69.6 Å². The first-order chi connectivity index (χ1) is 23.3. The maximum atomic E-state index is 12.4. The fourth-order valence-electron chi connectivity index (χ4n) is 11.1. The molecule has 0 unspecified atom stereocenters. The van der Waals surface area contributed by atoms with E-state index >= 15 is 0 Å². The lowest BCUT2D eigenvalue weighted by atomic mass is 9.44. The molecule has 4 aliphatic carbocycles. The molecule has 7 aliphatic rings. The molecule has 3 aliphatic heterocycles. The van der Waals surface area contributed by atoms with Crippen molar-refractivity contribution in [2.45, 2.75) is 138 Å². The number of fused-ring (bicyclic) bond motifs is 5. The van der Waals surface area contributed by atoms with Crippen LogP contribution in [0.2, 0.25) is 0 Å². The Bertz CT molecular complexity index is 1250. The Morgan fingerprint density at radius 1 is 0.857 bits per heavy atom. The molecule has 0 spiro atoms. The van der Waals surface area contributed by atoms with E-state index in [1.807, 2.05) is 0 Å². The summed E-state index contributed by atoms with van der Waals surface area (Å²) in [5.74, 6) is -1.45. The highest BCUT2D eigenvalue weighted by Gasteiger charge is 2.67. The average molecular weight is 701 g/mol. The van der Waals surface area contributed by atoms with E-state index in [4.69, 9.17) is 23.7 Å². The molecule has 49 heavy (non-hydrogen) atoms. The minimum atomic E-state index is -1.67. The molecule has 0 bridgehead atoms. The minimum Gasteiger partial charge on any atom is -0.458 e. The molecule has 278 valence electrons. The van der Waals surface area contributed by atoms with Crippen LogP contribution >= 0.6 is 0 Å². The van der Waals surface area contributed by atoms with Crippen molar-refractivity contribution in [2.75, 3.05) is 19.8 Å². The van der Waals surface area contributed by atoms with E-state index in [-0.39, 0.29) is 48.8 Å². The second kappa shape index (κ2) is 13.6. The van der Waals surface area contributed by atoms with Gasteiger partial charge in [-0.05, 0) is 94.0 Å². The standard InChI is InChI=1S/C34H52O15/c1-14-28(24(38)26(40)31(43)46-14)49-32-27(41)25(39)29(22(12-35)48-32)47-16-4-7-33(13-36)15(10-16)2-3-19-23(33)21(37)11-20-17(5-8-34(19,20)44)18-6-9-45-30(18)42/h6,14-17,19-29,31-32,35-41,43-44H,2-5,7-13H2,1H3/t14-,15-,16-,17+,19-,20-,21-,22-,23-,24+,25+,26-,27+,28+,29+,31-,32-,33+,34-/m0/s1. The van der Waals surface area contributed by atoms with Gasteiger partial charge in [-0.2, -0.15) is 0 Å². The number of aliphatic hydroxyl groups is 9. The lowest BCUT2D eigenvalue weighted by molar-refractivity contribution is -0.357. The molecule has 0 aromatic rings. The maximum absolute atomic E-state index is 12.4. The summed E-state index contributed by atoms with van der Waals surface area (Å²) in [4.78, 5) is 12.4. The van der Waals surface area contributed by atoms with Crippen LogP contribution in [0.25, 0.3) is 0 Å². The van der Waals surface area contributed by atoms with Gasteiger partial charge in [-0.3, -0.25) is 0 Å². The normalized spacial score (nSPS) is 54.4. The molecule has 0 radical (unpaired) electrons. The van der Waals surface area contributed by atoms with Crippen LogP contribution < -0.4 is 0 Å². The maximum Gasteiger partial charge on any atom is 0.334 e. The summed E-state index contributed by atoms with van der Waals surface area (Å²) in [6, 6.07) is 0. The molecule has 0 aromatic heterocycles. The quantitative estimate of drug-likeness (QED) is 0.128. The number of esters is 1. The number of carbonyl (C=O) groups is 1. The van der Waals surface area contributed by atoms with Gasteiger partial charge in [0.05, 0.1) is 30.5 Å². The number of aliphatic hydroxyl groups excluding tert-OH is 8. The van der Waals surface area contributed by atoms with E-state index in [1.165, 1.54) is 6.92 Å². The number of carbonyl (C=O) groups excluding carboxylic acids is 1. The molecule has 6 fully saturated rings. The van der Waals surface area contributed by atoms with Gasteiger partial charge in [0.1, 0.15) is 49.3 Å². The summed E-state index contributed by atoms with van der Waals surface area (Å²) in [5, 5.41) is 97.6. The Morgan fingerprint density at radius 2 is 1.61 bits per heavy atom. The molecule has 2 saturated heterocycles. The van der Waals surface area contributed by atoms with Gasteiger partial charge in [-0.15, -0.1) is 0 Å². The van der Waals surface area contributed by atoms with Crippen LogP contribution in [-0.4, -0.2) is 151 Å². The van der Waals surface area contributed by atoms with Crippen LogP contribution in [0, 0.1) is 35.0 Å². The van der Waals surface area contributed by atoms with Gasteiger partial charge in [0, 0.05) is 17.6 Å². The molecule has 4 saturated carbocycles. The molecule has 0 aromatic carbocycles. The zero-order chi connectivity index (χ0) is 35.0. The summed E-state index contributed by atoms with van der Waals surface area (Å²) < 4.78 is 28.3. The van der Waals surface area contributed by atoms with Crippen molar-refractivity contribution < 1.29 is 74.4 Å². The molecule has 9 N–H and O–H groups in total. The van der Waals surface area contributed by atoms with Gasteiger partial charge in [-0.1, -0.05) is 0 Å². The minimum absolute atomic E-state index is 0.0664. The number of cyclic esters (lactones) is 1. The predicted octanol–water partition coefficient (Wildman–Crippen LogP) is -2.17. The molecule has 15 heteroatoms. The van der Waals surface area contributed by atoms with Crippen molar-refractivity contribution in [1.29, 1.82) is 0 Å². The van der Waals surface area contributed by atoms with Crippen molar-refractivity contribution in [3.63, 3.8) is 0 Å². The zero-order valence-electron chi connectivity index (χ0n) is 27.6. The molecular weight excluding hydrogens is 648 g/mol. The van der Waals surface area contributed by atoms with Crippen molar-refractivity contribution >= 4 is 5.97 Å². The number of hydrogen-bond donors (Lipinski definition) is 9. The fourth-order valence-corrected chi connectivity index (χ4v) is 11.1. The van der Waals surface area contributed by atoms with Gasteiger partial charge in [-0.25, -0.2) is 4.79 Å². The highest BCUT2D eigenvalue weighted by atomic mass is 16.7. The SMILES string of the molecule is C[C@@H]1O[C@H](O)[C@@H](O)[C@@H](O)[C@@H]1O[C@@H]1O[C@@H](CO)[C@@H](O[C@H]2CC[C@@]3(CO)[C@@H](CC[C@H]4[C@H]3[C@@H](O)C[C@H]3[C@@H](C5=CCOC5=O)CC[C@]43O)C2)[C@H](O)[C@H]1O. The Hall–Kier alpha value is -1.31. The number of ether oxygens (including phenoxy) is 5. The Morgan fingerprint density at radius 3 is 2.31 bits per heavy atom. The summed E-state index contributed by atoms with van der Waals surface area (Å²) >= 11 is 0. The van der Waals surface area contributed by atoms with Crippen LogP contribution in [-0.2, 0) is 28.5 Å². The Kier molecular flexibility index (Phi) is 10.0. The van der Waals surface area contributed by atoms with E-state index in [1.54, 1.807) is 6.08 Å². The topological polar surface area (TPSA) is 245 Å². The average Bonchev–Trinajstić information content (AvgIpc) is 3.66. The Balaban J connectivity index is 1.02. The van der Waals surface area contributed by atoms with E-state index in [9.17, 15) is 50.8 Å². The summed E-state index contributed by atoms with van der Waals surface area (Å²) in [7, 11) is 0. The van der Waals surface area contributed by atoms with Gasteiger partial charge in [0.25, 0.3) is 0 Å². The third-order valence-corrected chi connectivity index (χ3v) is 13.5. The Labute approximate surface area is 284 Å². The van der Waals surface area contributed by atoms with Crippen LogP contribution in [0.4, 0.5) is 0 Å². The number of hydrogen-bond acceptors (Lipinski definition) is 15. The molecule has 0 amide bonds. The first kappa shape index (κ1) is 36.1. The monoisotopic (exact) mass is 700 g/mol. The molecular formula is C34H52O15. The van der Waals surface area contributed by atoms with Crippen molar-refractivity contribution in [3.8, 4) is 0 Å². The van der Waals surface area contributed by atoms with E-state index in [0.29, 0.717) is 56.9 Å². The smallest absolute Gasteiger partial charge is 0.334 e. The predicted molar refractivity (Wildman–Crippen MR) is 164 cm³/mol. The summed E-state index contributed by atoms with van der Waals surface area (Å²) in [6.45, 7) is 0.970. The second-order valence-corrected chi connectivity index (χ2v) is 15.6. The van der Waals surface area contributed by atoms with Gasteiger partial charge >= 0.3 is 5.97 Å². The third-order valence-electron chi connectivity index (χ3n) is 13.5. The van der Waals surface area contributed by atoms with E-state index in [2.05, 4.69) is 0 Å². The molecule has 19 atom stereocenters. The summed E-state index contributed by atoms with van der Waals surface area (Å²) in [5.41, 5.74) is -1.14. The third kappa shape index (κ3) is 5.81. The van der Waals surface area contributed by atoms with Crippen LogP contribution in [0.15, 0.2) is 11.6 Å². The molecule has 7 rings (SSSR count). The van der Waals surface area contributed by atoms with Crippen LogP contribution in [0.5, 0.6) is 0 Å².